The van der Waals surface area contributed by atoms with E-state index in [0.29, 0.717) is 11.9 Å². The van der Waals surface area contributed by atoms with Gasteiger partial charge in [0.2, 0.25) is 5.91 Å². The molecule has 1 heterocycles. The van der Waals surface area contributed by atoms with Gasteiger partial charge in [0.25, 0.3) is 0 Å². The Balaban J connectivity index is 2.54. The largest absolute Gasteiger partial charge is 0.381 e. The van der Waals surface area contributed by atoms with Crippen molar-refractivity contribution in [2.24, 2.45) is 10.9 Å². The molecular formula is C14H28N4O2. The Morgan fingerprint density at radius 1 is 1.40 bits per heavy atom. The van der Waals surface area contributed by atoms with Gasteiger partial charge in [0.15, 0.2) is 5.96 Å². The Kier molecular flexibility index (Phi) is 6.26. The number of carbonyl (C=O) groups excluding carboxylic acids is 1. The number of likely N-dealkylation sites (N-methyl/N-ethyl adjacent to an activating group) is 1. The molecule has 6 nitrogen and oxygen atoms in total. The fraction of sp³-hybridized carbons (Fsp3) is 0.857. The van der Waals surface area contributed by atoms with E-state index in [1.54, 1.807) is 19.0 Å². The molecule has 0 saturated carbocycles. The molecule has 1 unspecified atom stereocenters. The number of amides is 1. The Morgan fingerprint density at radius 3 is 2.60 bits per heavy atom. The standard InChI is InChI=1S/C14H28N4O2/c1-14(2,3)17-13(16-9-12(19)18(4)5)15-8-11-6-7-20-10-11/h11H,6-10H2,1-5H3,(H2,15,16,17). The lowest BCUT2D eigenvalue weighted by molar-refractivity contribution is -0.127. The van der Waals surface area contributed by atoms with E-state index in [2.05, 4.69) is 36.4 Å². The first-order valence-electron chi connectivity index (χ1n) is 7.12. The third kappa shape index (κ3) is 6.75. The van der Waals surface area contributed by atoms with Crippen LogP contribution in [0.3, 0.4) is 0 Å². The van der Waals surface area contributed by atoms with Crippen LogP contribution in [0, 0.1) is 5.92 Å². The molecule has 0 aromatic rings. The molecule has 0 bridgehead atoms. The zero-order chi connectivity index (χ0) is 15.2. The second kappa shape index (κ2) is 7.47. The highest BCUT2D eigenvalue weighted by atomic mass is 16.5. The Hall–Kier alpha value is -1.30. The Bertz CT molecular complexity index is 342. The van der Waals surface area contributed by atoms with E-state index in [9.17, 15) is 4.79 Å². The van der Waals surface area contributed by atoms with Crippen molar-refractivity contribution in [3.8, 4) is 0 Å². The van der Waals surface area contributed by atoms with Gasteiger partial charge >= 0.3 is 0 Å². The van der Waals surface area contributed by atoms with Gasteiger partial charge in [-0.15, -0.1) is 0 Å². The van der Waals surface area contributed by atoms with Gasteiger partial charge in [-0.3, -0.25) is 4.79 Å². The van der Waals surface area contributed by atoms with Crippen molar-refractivity contribution in [3.05, 3.63) is 0 Å². The highest BCUT2D eigenvalue weighted by molar-refractivity contribution is 5.85. The van der Waals surface area contributed by atoms with Gasteiger partial charge in [-0.2, -0.15) is 0 Å². The van der Waals surface area contributed by atoms with E-state index in [1.807, 2.05) is 0 Å². The third-order valence-electron chi connectivity index (χ3n) is 2.95. The monoisotopic (exact) mass is 284 g/mol. The number of carbonyl (C=O) groups is 1. The van der Waals surface area contributed by atoms with E-state index >= 15 is 0 Å². The van der Waals surface area contributed by atoms with E-state index in [4.69, 9.17) is 4.74 Å². The molecule has 6 heteroatoms. The third-order valence-corrected chi connectivity index (χ3v) is 2.95. The molecule has 1 atom stereocenters. The van der Waals surface area contributed by atoms with Gasteiger partial charge in [-0.1, -0.05) is 0 Å². The zero-order valence-electron chi connectivity index (χ0n) is 13.3. The SMILES string of the molecule is CN(C)C(=O)CN=C(NCC1CCOC1)NC(C)(C)C. The maximum atomic E-state index is 11.6. The number of hydrogen-bond donors (Lipinski definition) is 2. The molecule has 1 rings (SSSR count). The molecule has 0 spiro atoms. The van der Waals surface area contributed by atoms with Crippen LogP contribution in [0.4, 0.5) is 0 Å². The number of hydrogen-bond acceptors (Lipinski definition) is 3. The minimum Gasteiger partial charge on any atom is -0.381 e. The first-order chi connectivity index (χ1) is 9.28. The van der Waals surface area contributed by atoms with Crippen molar-refractivity contribution in [2.45, 2.75) is 32.7 Å². The number of aliphatic imine (C=N–C) groups is 1. The lowest BCUT2D eigenvalue weighted by atomic mass is 10.1. The fourth-order valence-corrected chi connectivity index (χ4v) is 1.77. The number of guanidine groups is 1. The summed E-state index contributed by atoms with van der Waals surface area (Å²) >= 11 is 0. The van der Waals surface area contributed by atoms with Crippen LogP contribution in [0.1, 0.15) is 27.2 Å². The van der Waals surface area contributed by atoms with E-state index in [-0.39, 0.29) is 18.0 Å². The number of nitrogens with zero attached hydrogens (tertiary/aromatic N) is 2. The molecule has 0 aromatic carbocycles. The van der Waals surface area contributed by atoms with Crippen LogP contribution in [0.15, 0.2) is 4.99 Å². The van der Waals surface area contributed by atoms with Crippen molar-refractivity contribution in [3.63, 3.8) is 0 Å². The van der Waals surface area contributed by atoms with Crippen LogP contribution in [0.2, 0.25) is 0 Å². The topological polar surface area (TPSA) is 66.0 Å². The molecule has 1 aliphatic heterocycles. The summed E-state index contributed by atoms with van der Waals surface area (Å²) in [6, 6.07) is 0. The van der Waals surface area contributed by atoms with Gasteiger partial charge in [-0.05, 0) is 27.2 Å². The Labute approximate surface area is 122 Å². The van der Waals surface area contributed by atoms with Crippen LogP contribution >= 0.6 is 0 Å². The summed E-state index contributed by atoms with van der Waals surface area (Å²) in [5, 5.41) is 6.60. The summed E-state index contributed by atoms with van der Waals surface area (Å²) in [5.41, 5.74) is -0.0980. The summed E-state index contributed by atoms with van der Waals surface area (Å²) in [4.78, 5) is 17.5. The van der Waals surface area contributed by atoms with Crippen LogP contribution in [0.5, 0.6) is 0 Å². The van der Waals surface area contributed by atoms with Gasteiger partial charge in [0.1, 0.15) is 6.54 Å². The first kappa shape index (κ1) is 16.8. The van der Waals surface area contributed by atoms with E-state index in [0.717, 1.165) is 26.2 Å². The van der Waals surface area contributed by atoms with Gasteiger partial charge in [-0.25, -0.2) is 4.99 Å². The van der Waals surface area contributed by atoms with E-state index in [1.165, 1.54) is 0 Å². The second-order valence-electron chi connectivity index (χ2n) is 6.44. The molecule has 20 heavy (non-hydrogen) atoms. The molecule has 0 radical (unpaired) electrons. The number of ether oxygens (including phenoxy) is 1. The van der Waals surface area contributed by atoms with Crippen molar-refractivity contribution < 1.29 is 9.53 Å². The molecule has 116 valence electrons. The molecule has 2 N–H and O–H groups in total. The highest BCUT2D eigenvalue weighted by Gasteiger charge is 2.18. The van der Waals surface area contributed by atoms with Crippen molar-refractivity contribution in [1.82, 2.24) is 15.5 Å². The lowest BCUT2D eigenvalue weighted by Crippen LogP contribution is -2.49. The van der Waals surface area contributed by atoms with Gasteiger partial charge in [0.05, 0.1) is 6.61 Å². The summed E-state index contributed by atoms with van der Waals surface area (Å²) < 4.78 is 5.36. The quantitative estimate of drug-likeness (QED) is 0.581. The van der Waals surface area contributed by atoms with E-state index < -0.39 is 0 Å². The number of rotatable bonds is 4. The molecular weight excluding hydrogens is 256 g/mol. The molecule has 1 fully saturated rings. The summed E-state index contributed by atoms with van der Waals surface area (Å²) in [5.74, 6) is 1.19. The summed E-state index contributed by atoms with van der Waals surface area (Å²) in [7, 11) is 3.47. The fourth-order valence-electron chi connectivity index (χ4n) is 1.77. The van der Waals surface area contributed by atoms with Gasteiger partial charge < -0.3 is 20.3 Å². The minimum atomic E-state index is -0.0980. The normalized spacial score (nSPS) is 19.9. The van der Waals surface area contributed by atoms with Crippen molar-refractivity contribution in [1.29, 1.82) is 0 Å². The van der Waals surface area contributed by atoms with Crippen LogP contribution < -0.4 is 10.6 Å². The van der Waals surface area contributed by atoms with Crippen LogP contribution in [-0.2, 0) is 9.53 Å². The summed E-state index contributed by atoms with van der Waals surface area (Å²) in [6.07, 6.45) is 1.08. The lowest BCUT2D eigenvalue weighted by Gasteiger charge is -2.25. The predicted octanol–water partition coefficient (Wildman–Crippen LogP) is 0.445. The average molecular weight is 284 g/mol. The molecule has 0 aromatic heterocycles. The minimum absolute atomic E-state index is 0.00999. The maximum absolute atomic E-state index is 11.6. The second-order valence-corrected chi connectivity index (χ2v) is 6.44. The van der Waals surface area contributed by atoms with Crippen LogP contribution in [-0.4, -0.2) is 62.7 Å². The van der Waals surface area contributed by atoms with Crippen LogP contribution in [0.25, 0.3) is 0 Å². The molecule has 1 saturated heterocycles. The summed E-state index contributed by atoms with van der Waals surface area (Å²) in [6.45, 7) is 8.80. The predicted molar refractivity (Wildman–Crippen MR) is 80.8 cm³/mol. The highest BCUT2D eigenvalue weighted by Crippen LogP contribution is 2.10. The molecule has 0 aliphatic carbocycles. The van der Waals surface area contributed by atoms with Crippen molar-refractivity contribution >= 4 is 11.9 Å². The first-order valence-corrected chi connectivity index (χ1v) is 7.12. The Morgan fingerprint density at radius 2 is 2.10 bits per heavy atom. The average Bonchev–Trinajstić information content (AvgIpc) is 2.83. The van der Waals surface area contributed by atoms with Gasteiger partial charge in [0, 0.05) is 38.7 Å². The molecule has 1 amide bonds. The number of nitrogens with one attached hydrogen (secondary N) is 2. The zero-order valence-corrected chi connectivity index (χ0v) is 13.3. The smallest absolute Gasteiger partial charge is 0.243 e. The molecule has 1 aliphatic rings. The maximum Gasteiger partial charge on any atom is 0.243 e. The van der Waals surface area contributed by atoms with Crippen molar-refractivity contribution in [2.75, 3.05) is 40.4 Å².